The van der Waals surface area contributed by atoms with E-state index in [0.29, 0.717) is 18.5 Å². The number of hydrogen-bond donors (Lipinski definition) is 2. The number of nitrogens with zero attached hydrogens (tertiary/aromatic N) is 2. The fraction of sp³-hybridized carbons (Fsp3) is 0.600. The molecule has 6 heteroatoms. The zero-order chi connectivity index (χ0) is 15.2. The van der Waals surface area contributed by atoms with Crippen LogP contribution in [0.3, 0.4) is 0 Å². The van der Waals surface area contributed by atoms with Crippen LogP contribution in [0.25, 0.3) is 10.2 Å². The highest BCUT2D eigenvalue weighted by molar-refractivity contribution is 7.16. The van der Waals surface area contributed by atoms with Gasteiger partial charge in [0, 0.05) is 13.7 Å². The minimum atomic E-state index is 0.229. The molecule has 0 aliphatic heterocycles. The molecule has 0 spiro atoms. The van der Waals surface area contributed by atoms with Crippen LogP contribution in [0.5, 0.6) is 0 Å². The Hall–Kier alpha value is -1.40. The Balaban J connectivity index is 2.29. The molecule has 0 aliphatic rings. The Morgan fingerprint density at radius 2 is 2.14 bits per heavy atom. The van der Waals surface area contributed by atoms with Crippen molar-refractivity contribution >= 4 is 33.3 Å². The highest BCUT2D eigenvalue weighted by Crippen LogP contribution is 2.27. The van der Waals surface area contributed by atoms with Crippen LogP contribution >= 0.6 is 11.3 Å². The van der Waals surface area contributed by atoms with E-state index in [1.54, 1.807) is 18.4 Å². The van der Waals surface area contributed by atoms with E-state index in [0.717, 1.165) is 29.0 Å². The van der Waals surface area contributed by atoms with Crippen molar-refractivity contribution in [1.82, 2.24) is 9.97 Å². The number of methoxy groups -OCH3 is 1. The van der Waals surface area contributed by atoms with E-state index in [2.05, 4.69) is 52.8 Å². The molecule has 2 N–H and O–H groups in total. The molecule has 2 heterocycles. The second-order valence-electron chi connectivity index (χ2n) is 5.41. The maximum Gasteiger partial charge on any atom is 0.226 e. The summed E-state index contributed by atoms with van der Waals surface area (Å²) < 4.78 is 5.31. The number of rotatable bonds is 8. The molecule has 116 valence electrons. The van der Waals surface area contributed by atoms with Gasteiger partial charge in [-0.15, -0.1) is 11.3 Å². The molecule has 2 aromatic rings. The smallest absolute Gasteiger partial charge is 0.226 e. The third kappa shape index (κ3) is 4.04. The number of anilines is 2. The van der Waals surface area contributed by atoms with Crippen molar-refractivity contribution in [2.24, 2.45) is 5.92 Å². The first kappa shape index (κ1) is 16.0. The molecule has 0 saturated carbocycles. The molecule has 5 nitrogen and oxygen atoms in total. The van der Waals surface area contributed by atoms with Gasteiger partial charge in [-0.05, 0) is 23.8 Å². The summed E-state index contributed by atoms with van der Waals surface area (Å²) >= 11 is 1.64. The molecule has 2 aromatic heterocycles. The Kier molecular flexibility index (Phi) is 5.76. The summed E-state index contributed by atoms with van der Waals surface area (Å²) in [5.41, 5.74) is 0. The molecule has 0 aliphatic carbocycles. The third-order valence-electron chi connectivity index (χ3n) is 3.33. The van der Waals surface area contributed by atoms with E-state index < -0.39 is 0 Å². The van der Waals surface area contributed by atoms with Gasteiger partial charge < -0.3 is 15.4 Å². The predicted molar refractivity (Wildman–Crippen MR) is 90.3 cm³/mol. The van der Waals surface area contributed by atoms with Crippen molar-refractivity contribution in [3.8, 4) is 0 Å². The van der Waals surface area contributed by atoms with Gasteiger partial charge in [-0.3, -0.25) is 0 Å². The standard InChI is InChI=1S/C15H24N4OS/c1-5-7-16-15-18-13(11-6-8-21-14(11)19-15)17-12(9-20-4)10(2)3/h6,8,10,12H,5,7,9H2,1-4H3,(H2,16,17,18,19). The fourth-order valence-corrected chi connectivity index (χ4v) is 2.80. The first-order valence-electron chi connectivity index (χ1n) is 7.40. The van der Waals surface area contributed by atoms with Crippen LogP contribution in [-0.4, -0.2) is 36.3 Å². The van der Waals surface area contributed by atoms with E-state index in [1.165, 1.54) is 0 Å². The monoisotopic (exact) mass is 308 g/mol. The van der Waals surface area contributed by atoms with Crippen molar-refractivity contribution in [3.05, 3.63) is 11.4 Å². The second kappa shape index (κ2) is 7.56. The van der Waals surface area contributed by atoms with Crippen LogP contribution in [0.1, 0.15) is 27.2 Å². The summed E-state index contributed by atoms with van der Waals surface area (Å²) in [6, 6.07) is 2.29. The molecule has 0 amide bonds. The van der Waals surface area contributed by atoms with Gasteiger partial charge in [0.1, 0.15) is 10.6 Å². The number of hydrogen-bond acceptors (Lipinski definition) is 6. The van der Waals surface area contributed by atoms with Crippen molar-refractivity contribution in [1.29, 1.82) is 0 Å². The summed E-state index contributed by atoms with van der Waals surface area (Å²) in [5.74, 6) is 2.03. The Labute approximate surface area is 130 Å². The summed E-state index contributed by atoms with van der Waals surface area (Å²) in [6.07, 6.45) is 1.05. The molecular weight excluding hydrogens is 284 g/mol. The SMILES string of the molecule is CCCNc1nc(NC(COC)C(C)C)c2ccsc2n1. The lowest BCUT2D eigenvalue weighted by molar-refractivity contribution is 0.171. The lowest BCUT2D eigenvalue weighted by Gasteiger charge is -2.22. The van der Waals surface area contributed by atoms with Gasteiger partial charge in [-0.2, -0.15) is 4.98 Å². The quantitative estimate of drug-likeness (QED) is 0.780. The van der Waals surface area contributed by atoms with Gasteiger partial charge in [0.15, 0.2) is 0 Å². The van der Waals surface area contributed by atoms with E-state index in [4.69, 9.17) is 4.74 Å². The van der Waals surface area contributed by atoms with Crippen molar-refractivity contribution < 1.29 is 4.74 Å². The van der Waals surface area contributed by atoms with Gasteiger partial charge >= 0.3 is 0 Å². The zero-order valence-electron chi connectivity index (χ0n) is 13.1. The number of ether oxygens (including phenoxy) is 1. The molecule has 21 heavy (non-hydrogen) atoms. The molecule has 2 rings (SSSR count). The van der Waals surface area contributed by atoms with Gasteiger partial charge in [-0.1, -0.05) is 20.8 Å². The summed E-state index contributed by atoms with van der Waals surface area (Å²) in [7, 11) is 1.73. The highest BCUT2D eigenvalue weighted by Gasteiger charge is 2.16. The van der Waals surface area contributed by atoms with Gasteiger partial charge in [-0.25, -0.2) is 4.98 Å². The molecule has 0 fully saturated rings. The summed E-state index contributed by atoms with van der Waals surface area (Å²) in [6.45, 7) is 8.02. The Bertz CT molecular complexity index is 570. The highest BCUT2D eigenvalue weighted by atomic mass is 32.1. The second-order valence-corrected chi connectivity index (χ2v) is 6.31. The fourth-order valence-electron chi connectivity index (χ4n) is 2.04. The largest absolute Gasteiger partial charge is 0.383 e. The van der Waals surface area contributed by atoms with Gasteiger partial charge in [0.05, 0.1) is 18.0 Å². The van der Waals surface area contributed by atoms with E-state index in [1.807, 2.05) is 0 Å². The number of fused-ring (bicyclic) bond motifs is 1. The summed E-state index contributed by atoms with van der Waals surface area (Å²) in [4.78, 5) is 10.2. The van der Waals surface area contributed by atoms with Crippen molar-refractivity contribution in [2.45, 2.75) is 33.2 Å². The molecular formula is C15H24N4OS. The topological polar surface area (TPSA) is 59.1 Å². The maximum atomic E-state index is 5.31. The van der Waals surface area contributed by atoms with E-state index in [9.17, 15) is 0 Å². The van der Waals surface area contributed by atoms with Crippen LogP contribution in [0.4, 0.5) is 11.8 Å². The first-order chi connectivity index (χ1) is 10.2. The minimum Gasteiger partial charge on any atom is -0.383 e. The Morgan fingerprint density at radius 3 is 2.81 bits per heavy atom. The molecule has 1 unspecified atom stereocenters. The lowest BCUT2D eigenvalue weighted by atomic mass is 10.1. The maximum absolute atomic E-state index is 5.31. The molecule has 0 bridgehead atoms. The molecule has 0 saturated heterocycles. The van der Waals surface area contributed by atoms with E-state index in [-0.39, 0.29) is 6.04 Å². The molecule has 0 radical (unpaired) electrons. The third-order valence-corrected chi connectivity index (χ3v) is 4.14. The summed E-state index contributed by atoms with van der Waals surface area (Å²) in [5, 5.41) is 9.90. The number of aromatic nitrogens is 2. The van der Waals surface area contributed by atoms with Crippen LogP contribution in [0.2, 0.25) is 0 Å². The van der Waals surface area contributed by atoms with Gasteiger partial charge in [0.25, 0.3) is 0 Å². The predicted octanol–water partition coefficient (Wildman–Crippen LogP) is 3.60. The van der Waals surface area contributed by atoms with Crippen molar-refractivity contribution in [2.75, 3.05) is 30.9 Å². The van der Waals surface area contributed by atoms with E-state index >= 15 is 0 Å². The minimum absolute atomic E-state index is 0.229. The van der Waals surface area contributed by atoms with Gasteiger partial charge in [0.2, 0.25) is 5.95 Å². The normalized spacial score (nSPS) is 12.8. The molecule has 1 atom stereocenters. The zero-order valence-corrected chi connectivity index (χ0v) is 14.0. The number of thiophene rings is 1. The first-order valence-corrected chi connectivity index (χ1v) is 8.28. The van der Waals surface area contributed by atoms with Crippen LogP contribution < -0.4 is 10.6 Å². The molecule has 0 aromatic carbocycles. The van der Waals surface area contributed by atoms with Crippen molar-refractivity contribution in [3.63, 3.8) is 0 Å². The van der Waals surface area contributed by atoms with Crippen LogP contribution in [0, 0.1) is 5.92 Å². The number of nitrogens with one attached hydrogen (secondary N) is 2. The van der Waals surface area contributed by atoms with Crippen LogP contribution in [-0.2, 0) is 4.74 Å². The lowest BCUT2D eigenvalue weighted by Crippen LogP contribution is -2.31. The average molecular weight is 308 g/mol. The Morgan fingerprint density at radius 1 is 1.33 bits per heavy atom. The average Bonchev–Trinajstić information content (AvgIpc) is 2.93. The van der Waals surface area contributed by atoms with Crippen LogP contribution in [0.15, 0.2) is 11.4 Å².